The van der Waals surface area contributed by atoms with Gasteiger partial charge in [-0.15, -0.1) is 11.8 Å². The lowest BCUT2D eigenvalue weighted by molar-refractivity contribution is -0.249. The van der Waals surface area contributed by atoms with Gasteiger partial charge in [0.05, 0.1) is 11.3 Å². The van der Waals surface area contributed by atoms with Gasteiger partial charge in [0.1, 0.15) is 12.9 Å². The fourth-order valence-electron chi connectivity index (χ4n) is 3.98. The molecule has 1 fully saturated rings. The normalized spacial score (nSPS) is 27.6. The quantitative estimate of drug-likeness (QED) is 0.423. The van der Waals surface area contributed by atoms with Gasteiger partial charge in [-0.3, -0.25) is 4.99 Å². The summed E-state index contributed by atoms with van der Waals surface area (Å²) in [6, 6.07) is 8.49. The largest absolute Gasteiger partial charge is 0.347 e. The van der Waals surface area contributed by atoms with Crippen molar-refractivity contribution >= 4 is 24.3 Å². The molecule has 6 heteroatoms. The van der Waals surface area contributed by atoms with Crippen molar-refractivity contribution in [3.05, 3.63) is 35.4 Å². The second-order valence-electron chi connectivity index (χ2n) is 8.56. The molecule has 1 saturated heterocycles. The number of aliphatic imine (C=N–C) groups is 2. The van der Waals surface area contributed by atoms with E-state index in [0.29, 0.717) is 6.61 Å². The molecule has 0 amide bonds. The number of rotatable bonds is 11. The first-order valence-electron chi connectivity index (χ1n) is 11.1. The summed E-state index contributed by atoms with van der Waals surface area (Å²) in [5, 5.41) is 0. The van der Waals surface area contributed by atoms with Crippen molar-refractivity contribution in [2.45, 2.75) is 75.6 Å². The number of benzene rings is 1. The number of nitrogens with zero attached hydrogens (tertiary/aromatic N) is 2. The average molecular weight is 433 g/mol. The molecular formula is C24H36N2O3S. The van der Waals surface area contributed by atoms with Crippen LogP contribution in [-0.4, -0.2) is 44.4 Å². The van der Waals surface area contributed by atoms with E-state index >= 15 is 0 Å². The maximum Gasteiger partial charge on any atom is 0.221 e. The van der Waals surface area contributed by atoms with E-state index in [4.69, 9.17) is 14.2 Å². The molecule has 0 N–H and O–H groups in total. The summed E-state index contributed by atoms with van der Waals surface area (Å²) >= 11 is 1.95. The van der Waals surface area contributed by atoms with Crippen LogP contribution in [0.4, 0.5) is 0 Å². The van der Waals surface area contributed by atoms with Gasteiger partial charge in [-0.1, -0.05) is 63.3 Å². The molecule has 0 saturated carbocycles. The molecule has 1 aromatic carbocycles. The first-order chi connectivity index (χ1) is 14.5. The van der Waals surface area contributed by atoms with E-state index in [1.165, 1.54) is 44.1 Å². The van der Waals surface area contributed by atoms with Crippen molar-refractivity contribution in [1.82, 2.24) is 0 Å². The molecule has 0 bridgehead atoms. The molecular weight excluding hydrogens is 396 g/mol. The van der Waals surface area contributed by atoms with Gasteiger partial charge in [-0.05, 0) is 31.6 Å². The minimum atomic E-state index is -0.861. The Balaban J connectivity index is 1.68. The molecule has 0 spiro atoms. The number of hydrogen-bond acceptors (Lipinski definition) is 6. The first kappa shape index (κ1) is 23.5. The Morgan fingerprint density at radius 1 is 1.03 bits per heavy atom. The van der Waals surface area contributed by atoms with Crippen molar-refractivity contribution in [3.63, 3.8) is 0 Å². The summed E-state index contributed by atoms with van der Waals surface area (Å²) in [6.07, 6.45) is 11.6. The molecule has 0 aromatic heterocycles. The fourth-order valence-corrected chi connectivity index (χ4v) is 5.30. The summed E-state index contributed by atoms with van der Waals surface area (Å²) in [7, 11) is 1.67. The Labute approximate surface area is 185 Å². The second kappa shape index (κ2) is 10.4. The highest BCUT2D eigenvalue weighted by Crippen LogP contribution is 2.42. The smallest absolute Gasteiger partial charge is 0.221 e. The van der Waals surface area contributed by atoms with Crippen molar-refractivity contribution in [3.8, 4) is 0 Å². The number of methoxy groups -OCH3 is 1. The third-order valence-corrected chi connectivity index (χ3v) is 7.26. The average Bonchev–Trinajstić information content (AvgIpc) is 3.10. The minimum absolute atomic E-state index is 0.205. The zero-order valence-electron chi connectivity index (χ0n) is 18.9. The van der Waals surface area contributed by atoms with E-state index in [1.54, 1.807) is 13.4 Å². The number of hydrogen-bond donors (Lipinski definition) is 0. The van der Waals surface area contributed by atoms with Crippen LogP contribution in [0.3, 0.4) is 0 Å². The summed E-state index contributed by atoms with van der Waals surface area (Å²) in [5.74, 6) is -0.407. The van der Waals surface area contributed by atoms with Gasteiger partial charge in [0, 0.05) is 18.9 Å². The first-order valence-corrected chi connectivity index (χ1v) is 12.1. The molecule has 2 atom stereocenters. The zero-order valence-corrected chi connectivity index (χ0v) is 19.7. The van der Waals surface area contributed by atoms with Crippen molar-refractivity contribution < 1.29 is 14.2 Å². The molecule has 3 rings (SSSR count). The molecule has 2 aliphatic heterocycles. The fraction of sp³-hybridized carbons (Fsp3) is 0.667. The lowest BCUT2D eigenvalue weighted by atomic mass is 9.95. The van der Waals surface area contributed by atoms with Crippen LogP contribution in [0.5, 0.6) is 0 Å². The summed E-state index contributed by atoms with van der Waals surface area (Å²) in [4.78, 5) is 8.87. The monoisotopic (exact) mass is 432 g/mol. The maximum atomic E-state index is 6.10. The van der Waals surface area contributed by atoms with Gasteiger partial charge < -0.3 is 14.2 Å². The van der Waals surface area contributed by atoms with E-state index < -0.39 is 11.6 Å². The summed E-state index contributed by atoms with van der Waals surface area (Å²) in [5.41, 5.74) is 2.18. The van der Waals surface area contributed by atoms with Crippen LogP contribution in [-0.2, 0) is 24.7 Å². The molecule has 2 heterocycles. The Morgan fingerprint density at radius 2 is 1.73 bits per heavy atom. The van der Waals surface area contributed by atoms with Crippen molar-refractivity contribution in [2.24, 2.45) is 9.98 Å². The van der Waals surface area contributed by atoms with Crippen LogP contribution in [0.15, 0.2) is 34.3 Å². The predicted molar refractivity (Wildman–Crippen MR) is 126 cm³/mol. The third kappa shape index (κ3) is 5.52. The van der Waals surface area contributed by atoms with E-state index in [0.717, 1.165) is 17.9 Å². The van der Waals surface area contributed by atoms with Crippen LogP contribution in [0.2, 0.25) is 0 Å². The Morgan fingerprint density at radius 3 is 2.33 bits per heavy atom. The summed E-state index contributed by atoms with van der Waals surface area (Å²) in [6.45, 7) is 7.17. The Hall–Kier alpha value is -1.21. The van der Waals surface area contributed by atoms with Crippen LogP contribution >= 0.6 is 11.8 Å². The lowest BCUT2D eigenvalue weighted by Crippen LogP contribution is -2.34. The molecule has 1 aromatic rings. The number of ether oxygens (including phenoxy) is 3. The second-order valence-corrected chi connectivity index (χ2v) is 9.99. The number of thioether (sulfide) groups is 1. The van der Waals surface area contributed by atoms with Crippen LogP contribution in [0.1, 0.15) is 70.4 Å². The van der Waals surface area contributed by atoms with E-state index in [9.17, 15) is 0 Å². The van der Waals surface area contributed by atoms with Crippen molar-refractivity contribution in [2.75, 3.05) is 26.0 Å². The standard InChI is InChI=1S/C24H36N2O3S/c1-5-6-7-8-9-10-15-30-23(16-25-19-26-17-23)20-11-13-21(14-12-20)24(27-4)18-28-22(2,3)29-24/h11-14,16,19H,5-10,15,17-18H2,1-4H3/t23?,24-/m1/s1. The van der Waals surface area contributed by atoms with Crippen LogP contribution < -0.4 is 0 Å². The minimum Gasteiger partial charge on any atom is -0.347 e. The van der Waals surface area contributed by atoms with Gasteiger partial charge in [-0.25, -0.2) is 4.99 Å². The number of unbranched alkanes of at least 4 members (excludes halogenated alkanes) is 5. The van der Waals surface area contributed by atoms with Gasteiger partial charge in [0.15, 0.2) is 5.79 Å². The predicted octanol–water partition coefficient (Wildman–Crippen LogP) is 5.67. The molecule has 166 valence electrons. The van der Waals surface area contributed by atoms with E-state index in [-0.39, 0.29) is 4.75 Å². The topological polar surface area (TPSA) is 52.4 Å². The maximum absolute atomic E-state index is 6.10. The van der Waals surface area contributed by atoms with Gasteiger partial charge in [-0.2, -0.15) is 0 Å². The van der Waals surface area contributed by atoms with Crippen molar-refractivity contribution in [1.29, 1.82) is 0 Å². The highest BCUT2D eigenvalue weighted by atomic mass is 32.2. The van der Waals surface area contributed by atoms with E-state index in [1.807, 2.05) is 25.6 Å². The molecule has 1 unspecified atom stereocenters. The molecule has 5 nitrogen and oxygen atoms in total. The molecule has 2 aliphatic rings. The van der Waals surface area contributed by atoms with Crippen LogP contribution in [0.25, 0.3) is 0 Å². The lowest BCUT2D eigenvalue weighted by Gasteiger charge is -2.31. The highest BCUT2D eigenvalue weighted by Gasteiger charge is 2.47. The molecule has 0 radical (unpaired) electrons. The Kier molecular flexibility index (Phi) is 8.13. The summed E-state index contributed by atoms with van der Waals surface area (Å²) < 4.78 is 17.4. The van der Waals surface area contributed by atoms with Crippen LogP contribution in [0, 0.1) is 0 Å². The van der Waals surface area contributed by atoms with E-state index in [2.05, 4.69) is 47.4 Å². The van der Waals surface area contributed by atoms with Gasteiger partial charge in [0.2, 0.25) is 5.79 Å². The highest BCUT2D eigenvalue weighted by molar-refractivity contribution is 8.00. The Bertz CT molecular complexity index is 734. The third-order valence-electron chi connectivity index (χ3n) is 5.78. The molecule has 0 aliphatic carbocycles. The zero-order chi connectivity index (χ0) is 21.5. The van der Waals surface area contributed by atoms with Gasteiger partial charge in [0.25, 0.3) is 0 Å². The van der Waals surface area contributed by atoms with Gasteiger partial charge >= 0.3 is 0 Å². The molecule has 30 heavy (non-hydrogen) atoms. The SMILES string of the molecule is CCCCCCCCSC1(c2ccc([C@@]3(OC)COC(C)(C)O3)cc2)C=NC=NC1.